The summed E-state index contributed by atoms with van der Waals surface area (Å²) < 4.78 is 11.6. The molecule has 0 aromatic carbocycles. The molecule has 0 aliphatic heterocycles. The highest BCUT2D eigenvalue weighted by Gasteiger charge is 2.20. The van der Waals surface area contributed by atoms with E-state index in [1.165, 1.54) is 103 Å². The zero-order valence-electron chi connectivity index (χ0n) is 39.3. The summed E-state index contributed by atoms with van der Waals surface area (Å²) in [5.74, 6) is 0.183. The molecule has 0 radical (unpaired) electrons. The van der Waals surface area contributed by atoms with Crippen molar-refractivity contribution in [1.29, 1.82) is 0 Å². The summed E-state index contributed by atoms with van der Waals surface area (Å²) in [6.07, 6.45) is 36.6. The predicted molar refractivity (Wildman–Crippen MR) is 246 cm³/mol. The minimum Gasteiger partial charge on any atom is -0.465 e. The molecule has 0 saturated heterocycles. The smallest absolute Gasteiger partial charge is 0.308 e. The first-order chi connectivity index (χ1) is 28.5. The Bertz CT molecular complexity index is 792. The number of unbranched alkanes of at least 4 members (excludes halogenated alkanes) is 21. The third kappa shape index (κ3) is 36.6. The van der Waals surface area contributed by atoms with Crippen LogP contribution < -0.4 is 0 Å². The summed E-state index contributed by atoms with van der Waals surface area (Å²) >= 11 is 0. The van der Waals surface area contributed by atoms with Gasteiger partial charge in [-0.15, -0.1) is 0 Å². The second-order valence-electron chi connectivity index (χ2n) is 17.5. The van der Waals surface area contributed by atoms with E-state index >= 15 is 0 Å². The molecule has 0 aliphatic rings. The van der Waals surface area contributed by atoms with Gasteiger partial charge in [0.25, 0.3) is 0 Å². The zero-order valence-corrected chi connectivity index (χ0v) is 39.3. The SMILES string of the molecule is CCCCCCCCC(CCCCCC)C(=O)OCCCCCN(CCO)CCCCN(CCO)CCCCCOC(=O)C(CCCCCC)CCCCCCCC. The van der Waals surface area contributed by atoms with Crippen LogP contribution in [0, 0.1) is 11.8 Å². The van der Waals surface area contributed by atoms with Gasteiger partial charge in [0.1, 0.15) is 0 Å². The molecule has 58 heavy (non-hydrogen) atoms. The van der Waals surface area contributed by atoms with Gasteiger partial charge in [0, 0.05) is 13.1 Å². The standard InChI is InChI=1S/C50H100N2O6/c1-5-9-13-17-19-25-35-47(33-23-15-11-7-3)49(55)57-45-31-21-27-37-51(41-43-53)39-29-30-40-52(42-44-54)38-28-22-32-46-58-50(56)48(34-24-16-12-8-4)36-26-20-18-14-10-6-2/h47-48,53-54H,5-46H2,1-4H3. The van der Waals surface area contributed by atoms with Crippen LogP contribution in [0.15, 0.2) is 0 Å². The van der Waals surface area contributed by atoms with Gasteiger partial charge in [0.15, 0.2) is 0 Å². The highest BCUT2D eigenvalue weighted by molar-refractivity contribution is 5.72. The average molecular weight is 825 g/mol. The van der Waals surface area contributed by atoms with E-state index in [0.29, 0.717) is 26.3 Å². The van der Waals surface area contributed by atoms with E-state index in [-0.39, 0.29) is 37.0 Å². The summed E-state index contributed by atoms with van der Waals surface area (Å²) in [5, 5.41) is 19.4. The minimum atomic E-state index is 0.0264. The quantitative estimate of drug-likeness (QED) is 0.0462. The van der Waals surface area contributed by atoms with Gasteiger partial charge >= 0.3 is 11.9 Å². The Hall–Kier alpha value is -1.22. The molecule has 0 fully saturated rings. The van der Waals surface area contributed by atoms with Gasteiger partial charge in [-0.2, -0.15) is 0 Å². The zero-order chi connectivity index (χ0) is 42.6. The van der Waals surface area contributed by atoms with Crippen molar-refractivity contribution in [3.63, 3.8) is 0 Å². The fourth-order valence-corrected chi connectivity index (χ4v) is 8.17. The number of aliphatic hydroxyl groups is 2. The van der Waals surface area contributed by atoms with Crippen molar-refractivity contribution in [2.45, 2.75) is 233 Å². The number of aliphatic hydroxyl groups excluding tert-OH is 2. The summed E-state index contributed by atoms with van der Waals surface area (Å²) in [5.41, 5.74) is 0. The Morgan fingerprint density at radius 1 is 0.362 bits per heavy atom. The van der Waals surface area contributed by atoms with Crippen LogP contribution in [0.1, 0.15) is 233 Å². The lowest BCUT2D eigenvalue weighted by atomic mass is 9.94. The molecule has 8 nitrogen and oxygen atoms in total. The van der Waals surface area contributed by atoms with Crippen LogP contribution in [0.4, 0.5) is 0 Å². The number of carbonyl (C=O) groups is 2. The van der Waals surface area contributed by atoms with Crippen molar-refractivity contribution < 1.29 is 29.3 Å². The van der Waals surface area contributed by atoms with Gasteiger partial charge in [0.05, 0.1) is 38.3 Å². The molecule has 2 unspecified atom stereocenters. The normalized spacial score (nSPS) is 12.8. The number of hydrogen-bond acceptors (Lipinski definition) is 8. The molecule has 8 heteroatoms. The van der Waals surface area contributed by atoms with Crippen molar-refractivity contribution in [3.05, 3.63) is 0 Å². The van der Waals surface area contributed by atoms with Crippen LogP contribution in [0.2, 0.25) is 0 Å². The van der Waals surface area contributed by atoms with Crippen LogP contribution in [0.3, 0.4) is 0 Å². The van der Waals surface area contributed by atoms with Gasteiger partial charge < -0.3 is 29.5 Å². The molecular weight excluding hydrogens is 725 g/mol. The third-order valence-corrected chi connectivity index (χ3v) is 12.0. The second kappa shape index (κ2) is 45.3. The molecule has 0 aliphatic carbocycles. The lowest BCUT2D eigenvalue weighted by molar-refractivity contribution is -0.150. The van der Waals surface area contributed by atoms with Gasteiger partial charge in [-0.1, -0.05) is 156 Å². The number of esters is 2. The molecule has 0 bridgehead atoms. The first-order valence-electron chi connectivity index (χ1n) is 25.5. The summed E-state index contributed by atoms with van der Waals surface area (Å²) in [6, 6.07) is 0. The molecule has 0 heterocycles. The van der Waals surface area contributed by atoms with Crippen LogP contribution >= 0.6 is 0 Å². The van der Waals surface area contributed by atoms with Crippen LogP contribution in [-0.4, -0.2) is 97.6 Å². The summed E-state index contributed by atoms with van der Waals surface area (Å²) in [6.45, 7) is 15.6. The fourth-order valence-electron chi connectivity index (χ4n) is 8.17. The molecular formula is C50H100N2O6. The van der Waals surface area contributed by atoms with Crippen molar-refractivity contribution in [2.75, 3.05) is 65.7 Å². The Morgan fingerprint density at radius 2 is 0.621 bits per heavy atom. The molecule has 0 rings (SSSR count). The first-order valence-corrected chi connectivity index (χ1v) is 25.5. The van der Waals surface area contributed by atoms with Gasteiger partial charge in [0.2, 0.25) is 0 Å². The third-order valence-electron chi connectivity index (χ3n) is 12.0. The molecule has 0 spiro atoms. The Labute approximate surface area is 360 Å². The van der Waals surface area contributed by atoms with Gasteiger partial charge in [-0.3, -0.25) is 9.59 Å². The second-order valence-corrected chi connectivity index (χ2v) is 17.5. The number of carbonyl (C=O) groups excluding carboxylic acids is 2. The lowest BCUT2D eigenvalue weighted by Gasteiger charge is -2.24. The van der Waals surface area contributed by atoms with Crippen LogP contribution in [-0.2, 0) is 19.1 Å². The number of rotatable bonds is 47. The highest BCUT2D eigenvalue weighted by atomic mass is 16.5. The fraction of sp³-hybridized carbons (Fsp3) is 0.960. The molecule has 0 saturated carbocycles. The van der Waals surface area contributed by atoms with Gasteiger partial charge in [-0.25, -0.2) is 0 Å². The molecule has 0 aromatic rings. The van der Waals surface area contributed by atoms with Crippen molar-refractivity contribution >= 4 is 11.9 Å². The Balaban J connectivity index is 4.37. The maximum absolute atomic E-state index is 13.0. The first kappa shape index (κ1) is 56.8. The predicted octanol–water partition coefficient (Wildman–Crippen LogP) is 12.5. The summed E-state index contributed by atoms with van der Waals surface area (Å²) in [4.78, 5) is 30.7. The largest absolute Gasteiger partial charge is 0.465 e. The lowest BCUT2D eigenvalue weighted by Crippen LogP contribution is -2.31. The molecule has 2 atom stereocenters. The maximum atomic E-state index is 13.0. The number of nitrogens with zero attached hydrogens (tertiary/aromatic N) is 2. The average Bonchev–Trinajstić information content (AvgIpc) is 3.22. The molecule has 0 aromatic heterocycles. The van der Waals surface area contributed by atoms with E-state index in [1.54, 1.807) is 0 Å². The minimum absolute atomic E-state index is 0.0264. The molecule has 2 N–H and O–H groups in total. The van der Waals surface area contributed by atoms with Crippen LogP contribution in [0.25, 0.3) is 0 Å². The number of hydrogen-bond donors (Lipinski definition) is 2. The topological polar surface area (TPSA) is 99.5 Å². The molecule has 0 amide bonds. The Kier molecular flexibility index (Phi) is 44.4. The summed E-state index contributed by atoms with van der Waals surface area (Å²) in [7, 11) is 0. The van der Waals surface area contributed by atoms with E-state index in [2.05, 4.69) is 37.5 Å². The van der Waals surface area contributed by atoms with Crippen LogP contribution in [0.5, 0.6) is 0 Å². The maximum Gasteiger partial charge on any atom is 0.308 e. The van der Waals surface area contributed by atoms with E-state index < -0.39 is 0 Å². The van der Waals surface area contributed by atoms with Crippen molar-refractivity contribution in [3.8, 4) is 0 Å². The monoisotopic (exact) mass is 825 g/mol. The number of ether oxygens (including phenoxy) is 2. The van der Waals surface area contributed by atoms with E-state index in [0.717, 1.165) is 129 Å². The Morgan fingerprint density at radius 3 is 0.931 bits per heavy atom. The highest BCUT2D eigenvalue weighted by Crippen LogP contribution is 2.22. The van der Waals surface area contributed by atoms with E-state index in [4.69, 9.17) is 9.47 Å². The van der Waals surface area contributed by atoms with Crippen molar-refractivity contribution in [2.24, 2.45) is 11.8 Å². The van der Waals surface area contributed by atoms with E-state index in [9.17, 15) is 19.8 Å². The van der Waals surface area contributed by atoms with Gasteiger partial charge in [-0.05, 0) is 103 Å². The molecule has 346 valence electrons. The van der Waals surface area contributed by atoms with E-state index in [1.807, 2.05) is 0 Å². The van der Waals surface area contributed by atoms with Crippen molar-refractivity contribution in [1.82, 2.24) is 9.80 Å².